The molecule has 1 fully saturated rings. The molecule has 1 aliphatic heterocycles. The third kappa shape index (κ3) is 2.95. The first-order valence-electron chi connectivity index (χ1n) is 6.62. The van der Waals surface area contributed by atoms with Gasteiger partial charge in [0.15, 0.2) is 0 Å². The third-order valence-corrected chi connectivity index (χ3v) is 5.89. The van der Waals surface area contributed by atoms with Gasteiger partial charge in [-0.15, -0.1) is 11.8 Å². The maximum atomic E-state index is 12.3. The van der Waals surface area contributed by atoms with Crippen molar-refractivity contribution < 1.29 is 4.79 Å². The van der Waals surface area contributed by atoms with Crippen LogP contribution >= 0.6 is 46.6 Å². The molecule has 0 aliphatic carbocycles. The highest BCUT2D eigenvalue weighted by atomic mass is 35.5. The second-order valence-corrected chi connectivity index (χ2v) is 7.32. The van der Waals surface area contributed by atoms with Crippen LogP contribution in [0.15, 0.2) is 36.4 Å². The summed E-state index contributed by atoms with van der Waals surface area (Å²) in [5, 5.41) is 1.52. The van der Waals surface area contributed by atoms with Crippen LogP contribution < -0.4 is 4.90 Å². The van der Waals surface area contributed by atoms with Gasteiger partial charge in [0.2, 0.25) is 5.91 Å². The van der Waals surface area contributed by atoms with E-state index in [9.17, 15) is 4.79 Å². The zero-order valence-corrected chi connectivity index (χ0v) is 14.7. The summed E-state index contributed by atoms with van der Waals surface area (Å²) in [4.78, 5) is 14.1. The number of benzene rings is 2. The first-order valence-corrected chi connectivity index (χ1v) is 8.80. The molecule has 1 saturated heterocycles. The number of nitrogens with zero attached hydrogens (tertiary/aromatic N) is 1. The van der Waals surface area contributed by atoms with E-state index in [0.29, 0.717) is 20.8 Å². The normalized spacial score (nSPS) is 18.1. The van der Waals surface area contributed by atoms with Crippen molar-refractivity contribution in [2.75, 3.05) is 10.7 Å². The average Bonchev–Trinajstić information content (AvgIpc) is 2.87. The Morgan fingerprint density at radius 1 is 1.05 bits per heavy atom. The monoisotopic (exact) mass is 371 g/mol. The summed E-state index contributed by atoms with van der Waals surface area (Å²) in [6, 6.07) is 11.1. The molecular weight excluding hydrogens is 361 g/mol. The van der Waals surface area contributed by atoms with E-state index in [-0.39, 0.29) is 11.3 Å². The second-order valence-electron chi connectivity index (χ2n) is 5.03. The molecule has 1 aliphatic rings. The summed E-state index contributed by atoms with van der Waals surface area (Å²) in [7, 11) is 0. The maximum Gasteiger partial charge on any atom is 0.238 e. The molecule has 1 amide bonds. The van der Waals surface area contributed by atoms with E-state index in [4.69, 9.17) is 34.8 Å². The zero-order chi connectivity index (χ0) is 15.9. The lowest BCUT2D eigenvalue weighted by atomic mass is 10.1. The quantitative estimate of drug-likeness (QED) is 0.670. The smallest absolute Gasteiger partial charge is 0.238 e. The number of hydrogen-bond donors (Lipinski definition) is 0. The van der Waals surface area contributed by atoms with Gasteiger partial charge in [-0.05, 0) is 42.3 Å². The van der Waals surface area contributed by atoms with Crippen molar-refractivity contribution >= 4 is 58.2 Å². The van der Waals surface area contributed by atoms with Gasteiger partial charge in [0.05, 0.1) is 15.8 Å². The lowest BCUT2D eigenvalue weighted by Crippen LogP contribution is -2.27. The van der Waals surface area contributed by atoms with Crippen LogP contribution in [0.25, 0.3) is 0 Å². The van der Waals surface area contributed by atoms with Crippen molar-refractivity contribution in [2.45, 2.75) is 12.3 Å². The predicted molar refractivity (Wildman–Crippen MR) is 95.3 cm³/mol. The van der Waals surface area contributed by atoms with Gasteiger partial charge in [0.25, 0.3) is 0 Å². The summed E-state index contributed by atoms with van der Waals surface area (Å²) in [6.07, 6.45) is 0. The molecule has 1 heterocycles. The number of hydrogen-bond acceptors (Lipinski definition) is 2. The van der Waals surface area contributed by atoms with Crippen LogP contribution in [0.5, 0.6) is 0 Å². The third-order valence-electron chi connectivity index (χ3n) is 3.53. The molecule has 2 aromatic rings. The second kappa shape index (κ2) is 6.32. The fourth-order valence-electron chi connectivity index (χ4n) is 2.35. The van der Waals surface area contributed by atoms with Gasteiger partial charge < -0.3 is 0 Å². The number of thioether (sulfide) groups is 1. The summed E-state index contributed by atoms with van der Waals surface area (Å²) >= 11 is 19.8. The highest BCUT2D eigenvalue weighted by molar-refractivity contribution is 8.00. The molecule has 3 rings (SSSR count). The number of carbonyl (C=O) groups is 1. The van der Waals surface area contributed by atoms with E-state index in [1.807, 2.05) is 37.3 Å². The first-order chi connectivity index (χ1) is 10.5. The van der Waals surface area contributed by atoms with Crippen LogP contribution in [0.2, 0.25) is 15.1 Å². The number of anilines is 1. The molecule has 0 saturated carbocycles. The van der Waals surface area contributed by atoms with E-state index in [1.54, 1.807) is 22.7 Å². The number of aryl methyl sites for hydroxylation is 1. The van der Waals surface area contributed by atoms with Gasteiger partial charge in [-0.25, -0.2) is 0 Å². The number of carbonyl (C=O) groups excluding carboxylic acids is 1. The summed E-state index contributed by atoms with van der Waals surface area (Å²) < 4.78 is 0. The Labute approximate surface area is 148 Å². The van der Waals surface area contributed by atoms with Crippen LogP contribution in [0.4, 0.5) is 5.69 Å². The summed E-state index contributed by atoms with van der Waals surface area (Å²) in [5.74, 6) is 0.483. The predicted octanol–water partition coefficient (Wildman–Crippen LogP) is 5.73. The summed E-state index contributed by atoms with van der Waals surface area (Å²) in [5.41, 5.74) is 2.72. The molecule has 1 atom stereocenters. The van der Waals surface area contributed by atoms with Crippen molar-refractivity contribution in [3.05, 3.63) is 62.6 Å². The van der Waals surface area contributed by atoms with E-state index < -0.39 is 0 Å². The largest absolute Gasteiger partial charge is 0.295 e. The standard InChI is InChI=1S/C16H12Cl3NOS/c1-9-2-4-11(7-13(9)18)20-15(21)8-22-16(20)10-3-5-12(17)14(19)6-10/h2-7,16H,8H2,1H3/t16-/m1/s1. The van der Waals surface area contributed by atoms with Crippen molar-refractivity contribution in [3.8, 4) is 0 Å². The van der Waals surface area contributed by atoms with E-state index in [2.05, 4.69) is 0 Å². The molecule has 114 valence electrons. The van der Waals surface area contributed by atoms with Gasteiger partial charge in [-0.1, -0.05) is 46.9 Å². The Balaban J connectivity index is 2.01. The first kappa shape index (κ1) is 16.0. The highest BCUT2D eigenvalue weighted by Crippen LogP contribution is 2.43. The minimum atomic E-state index is -0.124. The molecule has 22 heavy (non-hydrogen) atoms. The highest BCUT2D eigenvalue weighted by Gasteiger charge is 2.34. The van der Waals surface area contributed by atoms with Crippen molar-refractivity contribution in [1.82, 2.24) is 0 Å². The van der Waals surface area contributed by atoms with Gasteiger partial charge >= 0.3 is 0 Å². The van der Waals surface area contributed by atoms with Gasteiger partial charge in [0, 0.05) is 10.7 Å². The molecule has 0 spiro atoms. The van der Waals surface area contributed by atoms with Gasteiger partial charge in [-0.3, -0.25) is 9.69 Å². The van der Waals surface area contributed by atoms with Crippen LogP contribution in [0.3, 0.4) is 0 Å². The van der Waals surface area contributed by atoms with Crippen molar-refractivity contribution in [2.24, 2.45) is 0 Å². The maximum absolute atomic E-state index is 12.3. The van der Waals surface area contributed by atoms with Crippen molar-refractivity contribution in [1.29, 1.82) is 0 Å². The Kier molecular flexibility index (Phi) is 4.60. The van der Waals surface area contributed by atoms with Gasteiger partial charge in [-0.2, -0.15) is 0 Å². The minimum absolute atomic E-state index is 0.0565. The Hall–Kier alpha value is -0.870. The molecule has 0 N–H and O–H groups in total. The Bertz CT molecular complexity index is 750. The topological polar surface area (TPSA) is 20.3 Å². The molecule has 0 radical (unpaired) electrons. The van der Waals surface area contributed by atoms with Crippen LogP contribution in [-0.2, 0) is 4.79 Å². The lowest BCUT2D eigenvalue weighted by molar-refractivity contribution is -0.115. The minimum Gasteiger partial charge on any atom is -0.295 e. The molecule has 6 heteroatoms. The molecule has 2 nitrogen and oxygen atoms in total. The van der Waals surface area contributed by atoms with E-state index >= 15 is 0 Å². The molecule has 0 bridgehead atoms. The molecule has 0 unspecified atom stereocenters. The number of halogens is 3. The molecular formula is C16H12Cl3NOS. The Morgan fingerprint density at radius 3 is 2.50 bits per heavy atom. The van der Waals surface area contributed by atoms with Crippen molar-refractivity contribution in [3.63, 3.8) is 0 Å². The number of amides is 1. The van der Waals surface area contributed by atoms with Crippen LogP contribution in [0.1, 0.15) is 16.5 Å². The lowest BCUT2D eigenvalue weighted by Gasteiger charge is -2.25. The fourth-order valence-corrected chi connectivity index (χ4v) is 4.00. The molecule has 2 aromatic carbocycles. The summed E-state index contributed by atoms with van der Waals surface area (Å²) in [6.45, 7) is 1.93. The van der Waals surface area contributed by atoms with E-state index in [1.165, 1.54) is 0 Å². The Morgan fingerprint density at radius 2 is 1.82 bits per heavy atom. The fraction of sp³-hybridized carbons (Fsp3) is 0.188. The van der Waals surface area contributed by atoms with E-state index in [0.717, 1.165) is 16.8 Å². The number of rotatable bonds is 2. The van der Waals surface area contributed by atoms with Gasteiger partial charge in [0.1, 0.15) is 5.37 Å². The molecule has 0 aromatic heterocycles. The van der Waals surface area contributed by atoms with Crippen LogP contribution in [0, 0.1) is 6.92 Å². The van der Waals surface area contributed by atoms with Crippen LogP contribution in [-0.4, -0.2) is 11.7 Å². The average molecular weight is 373 g/mol. The SMILES string of the molecule is Cc1ccc(N2C(=O)CS[C@@H]2c2ccc(Cl)c(Cl)c2)cc1Cl. The zero-order valence-electron chi connectivity index (χ0n) is 11.6.